The van der Waals surface area contributed by atoms with Crippen LogP contribution in [0.15, 0.2) is 0 Å². The number of nitrogens with one attached hydrogen (secondary N) is 1. The maximum atomic E-state index is 5.82. The molecule has 2 aliphatic rings. The van der Waals surface area contributed by atoms with Gasteiger partial charge in [-0.15, -0.1) is 0 Å². The Hall–Kier alpha value is -0.120. The van der Waals surface area contributed by atoms with Gasteiger partial charge in [0.15, 0.2) is 0 Å². The third kappa shape index (κ3) is 3.94. The Labute approximate surface area is 105 Å². The van der Waals surface area contributed by atoms with E-state index in [1.807, 2.05) is 0 Å². The topological polar surface area (TPSA) is 30.5 Å². The molecule has 0 aromatic carbocycles. The molecule has 2 fully saturated rings. The fourth-order valence-corrected chi connectivity index (χ4v) is 2.97. The van der Waals surface area contributed by atoms with E-state index in [4.69, 9.17) is 9.47 Å². The molecule has 1 unspecified atom stereocenters. The standard InChI is InChI=1S/C14H27NO2/c1-12(2)15-11-14(5-8-16-9-6-14)10-13-4-3-7-17-13/h12-13,15H,3-11H2,1-2H3. The molecule has 17 heavy (non-hydrogen) atoms. The van der Waals surface area contributed by atoms with E-state index in [0.717, 1.165) is 26.4 Å². The first-order valence-corrected chi connectivity index (χ1v) is 7.13. The summed E-state index contributed by atoms with van der Waals surface area (Å²) < 4.78 is 11.3. The Morgan fingerprint density at radius 2 is 2.00 bits per heavy atom. The van der Waals surface area contributed by atoms with Gasteiger partial charge in [-0.05, 0) is 37.5 Å². The van der Waals surface area contributed by atoms with E-state index in [1.165, 1.54) is 32.1 Å². The molecule has 3 nitrogen and oxygen atoms in total. The number of hydrogen-bond donors (Lipinski definition) is 1. The Morgan fingerprint density at radius 1 is 1.24 bits per heavy atom. The minimum Gasteiger partial charge on any atom is -0.381 e. The van der Waals surface area contributed by atoms with E-state index in [-0.39, 0.29) is 0 Å². The van der Waals surface area contributed by atoms with Crippen LogP contribution in [0.25, 0.3) is 0 Å². The molecule has 2 saturated heterocycles. The fraction of sp³-hybridized carbons (Fsp3) is 1.00. The van der Waals surface area contributed by atoms with Crippen LogP contribution in [0.1, 0.15) is 46.0 Å². The van der Waals surface area contributed by atoms with E-state index in [9.17, 15) is 0 Å². The molecule has 1 atom stereocenters. The van der Waals surface area contributed by atoms with Crippen LogP contribution in [-0.2, 0) is 9.47 Å². The summed E-state index contributed by atoms with van der Waals surface area (Å²) in [6.07, 6.45) is 6.59. The van der Waals surface area contributed by atoms with Gasteiger partial charge in [-0.25, -0.2) is 0 Å². The molecule has 0 saturated carbocycles. The molecule has 0 aliphatic carbocycles. The van der Waals surface area contributed by atoms with E-state index >= 15 is 0 Å². The zero-order valence-electron chi connectivity index (χ0n) is 11.3. The molecule has 0 spiro atoms. The smallest absolute Gasteiger partial charge is 0.0581 e. The van der Waals surface area contributed by atoms with Crippen molar-refractivity contribution in [2.45, 2.75) is 58.1 Å². The fourth-order valence-electron chi connectivity index (χ4n) is 2.97. The largest absolute Gasteiger partial charge is 0.381 e. The molecule has 2 heterocycles. The Bertz CT molecular complexity index is 218. The Kier molecular flexibility index (Phi) is 4.83. The predicted molar refractivity (Wildman–Crippen MR) is 69.2 cm³/mol. The van der Waals surface area contributed by atoms with Crippen molar-refractivity contribution in [1.82, 2.24) is 5.32 Å². The zero-order chi connectivity index (χ0) is 12.1. The monoisotopic (exact) mass is 241 g/mol. The zero-order valence-corrected chi connectivity index (χ0v) is 11.3. The first kappa shape index (κ1) is 13.3. The lowest BCUT2D eigenvalue weighted by molar-refractivity contribution is -0.0198. The van der Waals surface area contributed by atoms with Gasteiger partial charge in [-0.1, -0.05) is 13.8 Å². The van der Waals surface area contributed by atoms with E-state index < -0.39 is 0 Å². The highest BCUT2D eigenvalue weighted by Gasteiger charge is 2.36. The van der Waals surface area contributed by atoms with Gasteiger partial charge in [-0.3, -0.25) is 0 Å². The molecule has 0 amide bonds. The second-order valence-corrected chi connectivity index (χ2v) is 5.99. The van der Waals surface area contributed by atoms with E-state index in [2.05, 4.69) is 19.2 Å². The van der Waals surface area contributed by atoms with Gasteiger partial charge in [-0.2, -0.15) is 0 Å². The van der Waals surface area contributed by atoms with Crippen LogP contribution in [0.2, 0.25) is 0 Å². The van der Waals surface area contributed by atoms with Gasteiger partial charge in [0.25, 0.3) is 0 Å². The summed E-state index contributed by atoms with van der Waals surface area (Å²) in [7, 11) is 0. The summed E-state index contributed by atoms with van der Waals surface area (Å²) in [5.74, 6) is 0. The lowest BCUT2D eigenvalue weighted by atomic mass is 9.75. The van der Waals surface area contributed by atoms with Gasteiger partial charge >= 0.3 is 0 Å². The molecule has 0 bridgehead atoms. The van der Waals surface area contributed by atoms with Crippen LogP contribution in [-0.4, -0.2) is 38.5 Å². The third-order valence-electron chi connectivity index (χ3n) is 4.12. The predicted octanol–water partition coefficient (Wildman–Crippen LogP) is 2.35. The summed E-state index contributed by atoms with van der Waals surface area (Å²) in [4.78, 5) is 0. The first-order valence-electron chi connectivity index (χ1n) is 7.13. The highest BCUT2D eigenvalue weighted by molar-refractivity contribution is 4.88. The molecule has 1 N–H and O–H groups in total. The third-order valence-corrected chi connectivity index (χ3v) is 4.12. The average Bonchev–Trinajstić information content (AvgIpc) is 2.80. The number of hydrogen-bond acceptors (Lipinski definition) is 3. The molecular weight excluding hydrogens is 214 g/mol. The quantitative estimate of drug-likeness (QED) is 0.801. The van der Waals surface area contributed by atoms with Crippen LogP contribution < -0.4 is 5.32 Å². The molecule has 100 valence electrons. The van der Waals surface area contributed by atoms with Gasteiger partial charge < -0.3 is 14.8 Å². The van der Waals surface area contributed by atoms with Crippen LogP contribution in [0.3, 0.4) is 0 Å². The van der Waals surface area contributed by atoms with Crippen molar-refractivity contribution in [1.29, 1.82) is 0 Å². The first-order chi connectivity index (χ1) is 8.20. The van der Waals surface area contributed by atoms with E-state index in [1.54, 1.807) is 0 Å². The second-order valence-electron chi connectivity index (χ2n) is 5.99. The van der Waals surface area contributed by atoms with Crippen LogP contribution in [0.5, 0.6) is 0 Å². The van der Waals surface area contributed by atoms with Gasteiger partial charge in [0, 0.05) is 32.4 Å². The number of ether oxygens (including phenoxy) is 2. The summed E-state index contributed by atoms with van der Waals surface area (Å²) in [5, 5.41) is 3.62. The van der Waals surface area contributed by atoms with Crippen molar-refractivity contribution in [3.8, 4) is 0 Å². The highest BCUT2D eigenvalue weighted by atomic mass is 16.5. The van der Waals surface area contributed by atoms with Crippen molar-refractivity contribution in [2.24, 2.45) is 5.41 Å². The second kappa shape index (κ2) is 6.17. The van der Waals surface area contributed by atoms with Crippen molar-refractivity contribution < 1.29 is 9.47 Å². The Morgan fingerprint density at radius 3 is 2.59 bits per heavy atom. The van der Waals surface area contributed by atoms with Crippen molar-refractivity contribution >= 4 is 0 Å². The van der Waals surface area contributed by atoms with E-state index in [0.29, 0.717) is 17.6 Å². The summed E-state index contributed by atoms with van der Waals surface area (Å²) >= 11 is 0. The SMILES string of the molecule is CC(C)NCC1(CC2CCCO2)CCOCC1. The van der Waals surface area contributed by atoms with Crippen LogP contribution in [0, 0.1) is 5.41 Å². The molecule has 2 rings (SSSR count). The lowest BCUT2D eigenvalue weighted by Gasteiger charge is -2.39. The lowest BCUT2D eigenvalue weighted by Crippen LogP contribution is -2.43. The highest BCUT2D eigenvalue weighted by Crippen LogP contribution is 2.37. The maximum absolute atomic E-state index is 5.82. The molecule has 0 aromatic rings. The van der Waals surface area contributed by atoms with Crippen molar-refractivity contribution in [3.63, 3.8) is 0 Å². The maximum Gasteiger partial charge on any atom is 0.0581 e. The van der Waals surface area contributed by atoms with Crippen molar-refractivity contribution in [3.05, 3.63) is 0 Å². The molecule has 2 aliphatic heterocycles. The minimum atomic E-state index is 0.414. The minimum absolute atomic E-state index is 0.414. The summed E-state index contributed by atoms with van der Waals surface area (Å²) in [6, 6.07) is 0.569. The van der Waals surface area contributed by atoms with Crippen molar-refractivity contribution in [2.75, 3.05) is 26.4 Å². The number of rotatable bonds is 5. The van der Waals surface area contributed by atoms with Gasteiger partial charge in [0.2, 0.25) is 0 Å². The molecule has 3 heteroatoms. The van der Waals surface area contributed by atoms with Crippen LogP contribution in [0.4, 0.5) is 0 Å². The van der Waals surface area contributed by atoms with Gasteiger partial charge in [0.05, 0.1) is 6.10 Å². The molecular formula is C14H27NO2. The average molecular weight is 241 g/mol. The van der Waals surface area contributed by atoms with Crippen LogP contribution >= 0.6 is 0 Å². The summed E-state index contributed by atoms with van der Waals surface area (Å²) in [5.41, 5.74) is 0.414. The molecule has 0 radical (unpaired) electrons. The normalized spacial score (nSPS) is 28.8. The van der Waals surface area contributed by atoms with Gasteiger partial charge in [0.1, 0.15) is 0 Å². The Balaban J connectivity index is 1.90. The molecule has 0 aromatic heterocycles. The summed E-state index contributed by atoms with van der Waals surface area (Å²) in [6.45, 7) is 8.37.